The first kappa shape index (κ1) is 42.3. The van der Waals surface area contributed by atoms with Crippen molar-refractivity contribution in [1.29, 1.82) is 0 Å². The second-order valence-corrected chi connectivity index (χ2v) is 18.8. The second kappa shape index (κ2) is 23.2. The number of hydrogen-bond acceptors (Lipinski definition) is 7. The summed E-state index contributed by atoms with van der Waals surface area (Å²) in [6.45, 7) is 4.11. The minimum Gasteiger partial charge on any atom is -0.389 e. The molecule has 4 saturated carbocycles. The zero-order valence-corrected chi connectivity index (χ0v) is 34.2. The number of nitrogens with one attached hydrogen (secondary N) is 2. The Balaban J connectivity index is 1.05. The predicted octanol–water partition coefficient (Wildman–Crippen LogP) is 7.38. The molecule has 5 atom stereocenters. The minimum absolute atomic E-state index is 0.0237. The molecule has 2 amide bonds. The van der Waals surface area contributed by atoms with Crippen LogP contribution in [0.25, 0.3) is 0 Å². The first-order chi connectivity index (χ1) is 26.5. The van der Waals surface area contributed by atoms with Crippen molar-refractivity contribution < 1.29 is 24.2 Å². The summed E-state index contributed by atoms with van der Waals surface area (Å²) in [7, 11) is 0. The predicted molar refractivity (Wildman–Crippen MR) is 216 cm³/mol. The van der Waals surface area contributed by atoms with Crippen molar-refractivity contribution in [1.82, 2.24) is 20.4 Å². The SMILES string of the molecule is O=C(NC(CCCC1CCCCC1)CCCC1CCCCC1)C1CN(C[C@H](O)COC2CCCC3NCCCC32)CCN1C(=O)COCC1CCCCC1. The number of carbonyl (C=O) groups excluding carboxylic acids is 2. The van der Waals surface area contributed by atoms with Crippen molar-refractivity contribution >= 4 is 11.8 Å². The fraction of sp³-hybridized carbons (Fsp3) is 0.956. The molecule has 6 aliphatic rings. The molecule has 0 aromatic heterocycles. The number of carbonyl (C=O) groups is 2. The van der Waals surface area contributed by atoms with Gasteiger partial charge in [0.1, 0.15) is 12.6 Å². The van der Waals surface area contributed by atoms with E-state index in [4.69, 9.17) is 9.47 Å². The van der Waals surface area contributed by atoms with Crippen LogP contribution in [0.5, 0.6) is 0 Å². The van der Waals surface area contributed by atoms with E-state index in [0.717, 1.165) is 37.6 Å². The van der Waals surface area contributed by atoms with Crippen molar-refractivity contribution in [3.05, 3.63) is 0 Å². The Hall–Kier alpha value is -1.26. The number of ether oxygens (including phenoxy) is 2. The molecule has 0 spiro atoms. The fourth-order valence-corrected chi connectivity index (χ4v) is 11.4. The van der Waals surface area contributed by atoms with Gasteiger partial charge >= 0.3 is 0 Å². The normalized spacial score (nSPS) is 28.9. The van der Waals surface area contributed by atoms with E-state index in [-0.39, 0.29) is 30.6 Å². The lowest BCUT2D eigenvalue weighted by Gasteiger charge is -2.43. The number of piperazine rings is 1. The summed E-state index contributed by atoms with van der Waals surface area (Å²) in [4.78, 5) is 32.2. The summed E-state index contributed by atoms with van der Waals surface area (Å²) < 4.78 is 12.5. The molecule has 6 rings (SSSR count). The van der Waals surface area contributed by atoms with E-state index in [1.165, 1.54) is 148 Å². The third kappa shape index (κ3) is 13.7. The molecule has 9 heteroatoms. The molecular formula is C45H80N4O5. The molecule has 0 bridgehead atoms. The molecular weight excluding hydrogens is 677 g/mol. The number of β-amino-alcohol motifs (C(OH)–C–C–N with tert-alkyl or cyclic N) is 1. The number of amides is 2. The number of rotatable bonds is 19. The van der Waals surface area contributed by atoms with Gasteiger partial charge in [0.05, 0.1) is 25.4 Å². The quantitative estimate of drug-likeness (QED) is 0.126. The second-order valence-electron chi connectivity index (χ2n) is 18.8. The molecule has 4 unspecified atom stereocenters. The highest BCUT2D eigenvalue weighted by atomic mass is 16.5. The van der Waals surface area contributed by atoms with Crippen LogP contribution in [0.3, 0.4) is 0 Å². The molecule has 0 aromatic rings. The van der Waals surface area contributed by atoms with Gasteiger partial charge in [-0.1, -0.05) is 109 Å². The third-order valence-corrected chi connectivity index (χ3v) is 14.6. The van der Waals surface area contributed by atoms with E-state index >= 15 is 0 Å². The van der Waals surface area contributed by atoms with Gasteiger partial charge in [0.25, 0.3) is 0 Å². The summed E-state index contributed by atoms with van der Waals surface area (Å²) in [6.07, 6.45) is 32.3. The highest BCUT2D eigenvalue weighted by Crippen LogP contribution is 2.34. The van der Waals surface area contributed by atoms with Gasteiger partial charge < -0.3 is 30.1 Å². The first-order valence-corrected chi connectivity index (χ1v) is 23.4. The maximum absolute atomic E-state index is 14.4. The van der Waals surface area contributed by atoms with Gasteiger partial charge in [-0.2, -0.15) is 0 Å². The number of piperidine rings is 1. The first-order valence-electron chi connectivity index (χ1n) is 23.4. The van der Waals surface area contributed by atoms with Crippen molar-refractivity contribution in [2.24, 2.45) is 23.7 Å². The van der Waals surface area contributed by atoms with Crippen molar-refractivity contribution in [2.75, 3.05) is 52.5 Å². The number of fused-ring (bicyclic) bond motifs is 1. The van der Waals surface area contributed by atoms with Crippen LogP contribution in [0, 0.1) is 23.7 Å². The van der Waals surface area contributed by atoms with Crippen LogP contribution in [-0.2, 0) is 19.1 Å². The Labute approximate surface area is 329 Å². The largest absolute Gasteiger partial charge is 0.389 e. The van der Waals surface area contributed by atoms with E-state index in [1.807, 2.05) is 0 Å². The molecule has 310 valence electrons. The van der Waals surface area contributed by atoms with E-state index in [9.17, 15) is 14.7 Å². The molecule has 0 aromatic carbocycles. The average Bonchev–Trinajstić information content (AvgIpc) is 3.21. The van der Waals surface area contributed by atoms with Gasteiger partial charge in [-0.15, -0.1) is 0 Å². The molecule has 4 aliphatic carbocycles. The smallest absolute Gasteiger partial charge is 0.249 e. The van der Waals surface area contributed by atoms with Crippen LogP contribution >= 0.6 is 0 Å². The summed E-state index contributed by atoms with van der Waals surface area (Å²) in [5, 5.41) is 18.5. The topological polar surface area (TPSA) is 103 Å². The lowest BCUT2D eigenvalue weighted by Crippen LogP contribution is -2.62. The molecule has 9 nitrogen and oxygen atoms in total. The molecule has 54 heavy (non-hydrogen) atoms. The number of aliphatic hydroxyl groups excluding tert-OH is 1. The van der Waals surface area contributed by atoms with Crippen molar-refractivity contribution in [2.45, 2.75) is 197 Å². The van der Waals surface area contributed by atoms with Crippen LogP contribution in [-0.4, -0.2) is 110 Å². The number of nitrogens with zero attached hydrogens (tertiary/aromatic N) is 2. The van der Waals surface area contributed by atoms with Crippen LogP contribution < -0.4 is 10.6 Å². The van der Waals surface area contributed by atoms with E-state index in [2.05, 4.69) is 15.5 Å². The Bertz CT molecular complexity index is 1050. The maximum atomic E-state index is 14.4. The van der Waals surface area contributed by atoms with Gasteiger partial charge in [0.2, 0.25) is 11.8 Å². The fourth-order valence-electron chi connectivity index (χ4n) is 11.4. The lowest BCUT2D eigenvalue weighted by molar-refractivity contribution is -0.148. The van der Waals surface area contributed by atoms with Gasteiger partial charge in [-0.3, -0.25) is 14.5 Å². The molecule has 2 heterocycles. The summed E-state index contributed by atoms with van der Waals surface area (Å²) in [6, 6.07) is 0.117. The van der Waals surface area contributed by atoms with Gasteiger partial charge in [-0.05, 0) is 82.1 Å². The molecule has 2 aliphatic heterocycles. The molecule has 3 N–H and O–H groups in total. The van der Waals surface area contributed by atoms with Gasteiger partial charge in [0, 0.05) is 44.2 Å². The van der Waals surface area contributed by atoms with E-state index in [1.54, 1.807) is 4.90 Å². The molecule has 0 radical (unpaired) electrons. The zero-order valence-electron chi connectivity index (χ0n) is 34.2. The summed E-state index contributed by atoms with van der Waals surface area (Å²) >= 11 is 0. The molecule has 6 fully saturated rings. The van der Waals surface area contributed by atoms with E-state index < -0.39 is 12.1 Å². The van der Waals surface area contributed by atoms with Gasteiger partial charge in [0.15, 0.2) is 0 Å². The van der Waals surface area contributed by atoms with Crippen LogP contribution in [0.1, 0.15) is 167 Å². The third-order valence-electron chi connectivity index (χ3n) is 14.6. The summed E-state index contributed by atoms with van der Waals surface area (Å²) in [5.74, 6) is 2.68. The van der Waals surface area contributed by atoms with Crippen LogP contribution in [0.15, 0.2) is 0 Å². The van der Waals surface area contributed by atoms with Gasteiger partial charge in [-0.25, -0.2) is 0 Å². The standard InChI is InChI=1S/C45H80N4O5/c50-39(33-54-43-26-12-25-41-40(43)24-13-27-46-41)30-48-28-29-49(44(51)34-53-32-37-18-8-3-9-19-37)42(31-48)45(52)47-38(22-10-20-35-14-4-1-5-15-35)23-11-21-36-16-6-2-7-17-36/h35-43,46,50H,1-34H2,(H,47,52)/t39-,40?,41?,42?,43?/m0/s1. The van der Waals surface area contributed by atoms with Crippen molar-refractivity contribution in [3.63, 3.8) is 0 Å². The summed E-state index contributed by atoms with van der Waals surface area (Å²) in [5.41, 5.74) is 0. The highest BCUT2D eigenvalue weighted by Gasteiger charge is 2.38. The molecule has 2 saturated heterocycles. The lowest BCUT2D eigenvalue weighted by atomic mass is 9.77. The maximum Gasteiger partial charge on any atom is 0.249 e. The minimum atomic E-state index is -0.626. The van der Waals surface area contributed by atoms with Crippen molar-refractivity contribution in [3.8, 4) is 0 Å². The highest BCUT2D eigenvalue weighted by molar-refractivity contribution is 5.88. The Kier molecular flexibility index (Phi) is 18.2. The Morgan fingerprint density at radius 2 is 1.39 bits per heavy atom. The zero-order chi connectivity index (χ0) is 37.4. The Morgan fingerprint density at radius 3 is 2.06 bits per heavy atom. The monoisotopic (exact) mass is 757 g/mol. The van der Waals surface area contributed by atoms with Crippen LogP contribution in [0.2, 0.25) is 0 Å². The van der Waals surface area contributed by atoms with E-state index in [0.29, 0.717) is 57.3 Å². The number of aliphatic hydroxyl groups is 1. The van der Waals surface area contributed by atoms with Crippen LogP contribution in [0.4, 0.5) is 0 Å². The average molecular weight is 757 g/mol. The number of hydrogen-bond donors (Lipinski definition) is 3. The Morgan fingerprint density at radius 1 is 0.741 bits per heavy atom.